The number of hydrogen-bond donors (Lipinski definition) is 1. The van der Waals surface area contributed by atoms with Crippen molar-refractivity contribution in [3.63, 3.8) is 0 Å². The summed E-state index contributed by atoms with van der Waals surface area (Å²) in [4.78, 5) is 11.3. The molecule has 5 rings (SSSR count). The van der Waals surface area contributed by atoms with Crippen molar-refractivity contribution in [2.24, 2.45) is 0 Å². The number of nitriles is 1. The first-order valence-electron chi connectivity index (χ1n) is 8.74. The molecule has 1 N–H and O–H groups in total. The van der Waals surface area contributed by atoms with Gasteiger partial charge < -0.3 is 9.84 Å². The van der Waals surface area contributed by atoms with Gasteiger partial charge >= 0.3 is 5.97 Å². The average molecular weight is 353 g/mol. The Morgan fingerprint density at radius 3 is 2.41 bits per heavy atom. The van der Waals surface area contributed by atoms with Gasteiger partial charge in [0.05, 0.1) is 17.2 Å². The molecule has 0 aliphatic carbocycles. The van der Waals surface area contributed by atoms with Gasteiger partial charge in [-0.05, 0) is 70.1 Å². The lowest BCUT2D eigenvalue weighted by atomic mass is 9.83. The molecule has 2 aliphatic rings. The Balaban J connectivity index is 1.63. The van der Waals surface area contributed by atoms with E-state index in [-0.39, 0.29) is 17.8 Å². The average Bonchev–Trinajstić information content (AvgIpc) is 3.24. The molecule has 0 radical (unpaired) electrons. The molecule has 0 aromatic heterocycles. The standard InChI is InChI=1S/C23H15NO3/c1-12-2-5-16(15(8-12)11-24)13-3-6-17-19(9-13)22-20-10-14(23(25)26)4-7-18(20)21(17)27-22/h2-10,21-22H,1H3,(H,25,26). The first-order chi connectivity index (χ1) is 13.1. The van der Waals surface area contributed by atoms with Crippen LogP contribution in [-0.2, 0) is 4.74 Å². The van der Waals surface area contributed by atoms with Crippen molar-refractivity contribution >= 4 is 5.97 Å². The van der Waals surface area contributed by atoms with E-state index in [0.717, 1.165) is 38.9 Å². The predicted molar refractivity (Wildman–Crippen MR) is 99.5 cm³/mol. The maximum atomic E-state index is 11.3. The minimum Gasteiger partial charge on any atom is -0.478 e. The maximum Gasteiger partial charge on any atom is 0.335 e. The molecule has 0 saturated carbocycles. The molecule has 0 fully saturated rings. The molecule has 4 nitrogen and oxygen atoms in total. The van der Waals surface area contributed by atoms with Crippen LogP contribution in [0, 0.1) is 18.3 Å². The zero-order valence-electron chi connectivity index (χ0n) is 14.6. The van der Waals surface area contributed by atoms with Crippen LogP contribution in [0.2, 0.25) is 0 Å². The van der Waals surface area contributed by atoms with E-state index >= 15 is 0 Å². The fraction of sp³-hybridized carbons (Fsp3) is 0.130. The van der Waals surface area contributed by atoms with Crippen LogP contribution in [-0.4, -0.2) is 11.1 Å². The van der Waals surface area contributed by atoms with Gasteiger partial charge in [-0.15, -0.1) is 0 Å². The lowest BCUT2D eigenvalue weighted by Gasteiger charge is -2.17. The molecule has 2 unspecified atom stereocenters. The monoisotopic (exact) mass is 353 g/mol. The Labute approximate surface area is 156 Å². The number of rotatable bonds is 2. The van der Waals surface area contributed by atoms with Gasteiger partial charge in [0, 0.05) is 0 Å². The summed E-state index contributed by atoms with van der Waals surface area (Å²) >= 11 is 0. The van der Waals surface area contributed by atoms with E-state index in [0.29, 0.717) is 5.56 Å². The second-order valence-corrected chi connectivity index (χ2v) is 7.05. The Kier molecular flexibility index (Phi) is 3.24. The van der Waals surface area contributed by atoms with Crippen LogP contribution in [0.25, 0.3) is 11.1 Å². The van der Waals surface area contributed by atoms with Gasteiger partial charge in [0.25, 0.3) is 0 Å². The molecular formula is C23H15NO3. The Bertz CT molecular complexity index is 1170. The number of carboxylic acid groups (broad SMARTS) is 1. The molecule has 2 heterocycles. The van der Waals surface area contributed by atoms with Gasteiger partial charge in [-0.3, -0.25) is 0 Å². The van der Waals surface area contributed by atoms with E-state index in [2.05, 4.69) is 18.2 Å². The fourth-order valence-electron chi connectivity index (χ4n) is 4.15. The quantitative estimate of drug-likeness (QED) is 0.721. The second-order valence-electron chi connectivity index (χ2n) is 7.05. The zero-order valence-corrected chi connectivity index (χ0v) is 14.6. The number of aromatic carboxylic acids is 1. The summed E-state index contributed by atoms with van der Waals surface area (Å²) in [5.74, 6) is -0.937. The van der Waals surface area contributed by atoms with E-state index in [1.54, 1.807) is 12.1 Å². The van der Waals surface area contributed by atoms with Crippen molar-refractivity contribution in [3.8, 4) is 17.2 Å². The van der Waals surface area contributed by atoms with Crippen LogP contribution in [0.15, 0.2) is 54.6 Å². The number of hydrogen-bond acceptors (Lipinski definition) is 3. The summed E-state index contributed by atoms with van der Waals surface area (Å²) in [6, 6.07) is 19.5. The van der Waals surface area contributed by atoms with E-state index in [1.165, 1.54) is 0 Å². The summed E-state index contributed by atoms with van der Waals surface area (Å²) in [6.07, 6.45) is -0.402. The minimum atomic E-state index is -0.937. The highest BCUT2D eigenvalue weighted by Gasteiger charge is 2.43. The molecule has 3 aromatic carbocycles. The largest absolute Gasteiger partial charge is 0.478 e. The summed E-state index contributed by atoms with van der Waals surface area (Å²) in [5.41, 5.74) is 7.97. The van der Waals surface area contributed by atoms with Crippen molar-refractivity contribution in [1.29, 1.82) is 5.26 Å². The normalized spacial score (nSPS) is 18.7. The highest BCUT2D eigenvalue weighted by molar-refractivity contribution is 5.88. The van der Waals surface area contributed by atoms with Crippen molar-refractivity contribution in [1.82, 2.24) is 0 Å². The number of nitrogens with zero attached hydrogens (tertiary/aromatic N) is 1. The van der Waals surface area contributed by atoms with Gasteiger partial charge in [0.15, 0.2) is 0 Å². The van der Waals surface area contributed by atoms with Crippen LogP contribution >= 0.6 is 0 Å². The van der Waals surface area contributed by atoms with E-state index < -0.39 is 5.97 Å². The summed E-state index contributed by atoms with van der Waals surface area (Å²) in [5, 5.41) is 18.8. The van der Waals surface area contributed by atoms with Crippen LogP contribution in [0.1, 0.15) is 55.9 Å². The Morgan fingerprint density at radius 2 is 1.67 bits per heavy atom. The van der Waals surface area contributed by atoms with E-state index in [4.69, 9.17) is 4.74 Å². The first-order valence-corrected chi connectivity index (χ1v) is 8.74. The molecule has 27 heavy (non-hydrogen) atoms. The van der Waals surface area contributed by atoms with Gasteiger partial charge in [-0.2, -0.15) is 5.26 Å². The molecule has 0 saturated heterocycles. The third kappa shape index (κ3) is 2.22. The van der Waals surface area contributed by atoms with Crippen LogP contribution in [0.3, 0.4) is 0 Å². The van der Waals surface area contributed by atoms with Crippen molar-refractivity contribution in [2.75, 3.05) is 0 Å². The number of carboxylic acids is 1. The zero-order chi connectivity index (χ0) is 18.7. The van der Waals surface area contributed by atoms with E-state index in [9.17, 15) is 15.2 Å². The smallest absolute Gasteiger partial charge is 0.335 e. The predicted octanol–water partition coefficient (Wildman–Crippen LogP) is 4.75. The highest BCUT2D eigenvalue weighted by atomic mass is 16.5. The Hall–Kier alpha value is -3.42. The lowest BCUT2D eigenvalue weighted by molar-refractivity contribution is 0.0696. The number of fused-ring (bicyclic) bond motifs is 8. The number of aryl methyl sites for hydroxylation is 1. The molecule has 2 bridgehead atoms. The van der Waals surface area contributed by atoms with Crippen molar-refractivity contribution in [2.45, 2.75) is 19.1 Å². The van der Waals surface area contributed by atoms with E-state index in [1.807, 2.05) is 37.3 Å². The van der Waals surface area contributed by atoms with Crippen LogP contribution in [0.5, 0.6) is 0 Å². The van der Waals surface area contributed by atoms with Gasteiger partial charge in [-0.1, -0.05) is 30.3 Å². The van der Waals surface area contributed by atoms with Gasteiger partial charge in [0.2, 0.25) is 0 Å². The van der Waals surface area contributed by atoms with Gasteiger partial charge in [0.1, 0.15) is 12.2 Å². The SMILES string of the molecule is Cc1ccc(-c2ccc3c(c2)C2OC3c3ccc(C(=O)O)cc32)c(C#N)c1. The maximum absolute atomic E-state index is 11.3. The molecule has 130 valence electrons. The third-order valence-corrected chi connectivity index (χ3v) is 5.43. The molecule has 0 spiro atoms. The molecule has 4 heteroatoms. The lowest BCUT2D eigenvalue weighted by Crippen LogP contribution is -2.06. The second kappa shape index (κ2) is 5.54. The molecule has 2 aliphatic heterocycles. The van der Waals surface area contributed by atoms with Gasteiger partial charge in [-0.25, -0.2) is 4.79 Å². The summed E-state index contributed by atoms with van der Waals surface area (Å²) < 4.78 is 6.16. The Morgan fingerprint density at radius 1 is 0.963 bits per heavy atom. The molecule has 2 atom stereocenters. The minimum absolute atomic E-state index is 0.148. The fourth-order valence-corrected chi connectivity index (χ4v) is 4.15. The number of carbonyl (C=O) groups is 1. The number of ether oxygens (including phenoxy) is 1. The van der Waals surface area contributed by atoms with Crippen LogP contribution in [0.4, 0.5) is 0 Å². The molecular weight excluding hydrogens is 338 g/mol. The summed E-state index contributed by atoms with van der Waals surface area (Å²) in [7, 11) is 0. The number of benzene rings is 3. The van der Waals surface area contributed by atoms with Crippen LogP contribution < -0.4 is 0 Å². The van der Waals surface area contributed by atoms with Crippen molar-refractivity contribution in [3.05, 3.63) is 93.5 Å². The summed E-state index contributed by atoms with van der Waals surface area (Å²) in [6.45, 7) is 1.97. The highest BCUT2D eigenvalue weighted by Crippen LogP contribution is 2.54. The molecule has 0 amide bonds. The third-order valence-electron chi connectivity index (χ3n) is 5.43. The topological polar surface area (TPSA) is 70.3 Å². The molecule has 3 aromatic rings. The van der Waals surface area contributed by atoms with Crippen molar-refractivity contribution < 1.29 is 14.6 Å². The first kappa shape index (κ1) is 15.8.